The van der Waals surface area contributed by atoms with Crippen molar-refractivity contribution >= 4 is 18.5 Å². The number of likely N-dealkylation sites (tertiary alicyclic amines) is 1. The zero-order valence-corrected chi connectivity index (χ0v) is 11.0. The van der Waals surface area contributed by atoms with Crippen LogP contribution in [-0.4, -0.2) is 29.1 Å². The van der Waals surface area contributed by atoms with Crippen LogP contribution in [0.1, 0.15) is 40.0 Å². The van der Waals surface area contributed by atoms with Gasteiger partial charge in [-0.1, -0.05) is 13.8 Å². The molecule has 15 heavy (non-hydrogen) atoms. The molecule has 1 fully saturated rings. The molecule has 0 N–H and O–H groups in total. The minimum Gasteiger partial charge on any atom is -0.340 e. The average molecular weight is 229 g/mol. The van der Waals surface area contributed by atoms with E-state index < -0.39 is 0 Å². The van der Waals surface area contributed by atoms with Gasteiger partial charge >= 0.3 is 0 Å². The molecule has 3 heteroatoms. The Bertz CT molecular complexity index is 218. The first-order valence-corrected chi connectivity index (χ1v) is 6.58. The van der Waals surface area contributed by atoms with Crippen molar-refractivity contribution in [2.24, 2.45) is 11.8 Å². The fraction of sp³-hybridized carbons (Fsp3) is 0.917. The standard InChI is InChI=1S/C12H23NOS/c1-9(2)4-5-10(3)13-7-11(8-15)6-12(13)14/h9-11,15H,4-8H2,1-3H3. The molecule has 0 aromatic rings. The number of nitrogens with zero attached hydrogens (tertiary/aromatic N) is 1. The van der Waals surface area contributed by atoms with Crippen molar-refractivity contribution in [1.82, 2.24) is 4.90 Å². The second-order valence-corrected chi connectivity index (χ2v) is 5.48. The predicted molar refractivity (Wildman–Crippen MR) is 67.2 cm³/mol. The van der Waals surface area contributed by atoms with Gasteiger partial charge in [-0.05, 0) is 37.4 Å². The second kappa shape index (κ2) is 5.78. The van der Waals surface area contributed by atoms with E-state index in [1.165, 1.54) is 6.42 Å². The Kier molecular flexibility index (Phi) is 4.97. The highest BCUT2D eigenvalue weighted by Gasteiger charge is 2.31. The van der Waals surface area contributed by atoms with E-state index >= 15 is 0 Å². The molecular weight excluding hydrogens is 206 g/mol. The molecule has 0 aromatic carbocycles. The van der Waals surface area contributed by atoms with Crippen LogP contribution in [0.5, 0.6) is 0 Å². The summed E-state index contributed by atoms with van der Waals surface area (Å²) in [7, 11) is 0. The molecule has 0 saturated carbocycles. The van der Waals surface area contributed by atoms with Gasteiger partial charge in [0.05, 0.1) is 0 Å². The highest BCUT2D eigenvalue weighted by Crippen LogP contribution is 2.23. The maximum Gasteiger partial charge on any atom is 0.223 e. The fourth-order valence-electron chi connectivity index (χ4n) is 2.09. The Hall–Kier alpha value is -0.180. The molecule has 0 radical (unpaired) electrons. The van der Waals surface area contributed by atoms with Gasteiger partial charge in [-0.2, -0.15) is 12.6 Å². The summed E-state index contributed by atoms with van der Waals surface area (Å²) in [5.74, 6) is 2.36. The summed E-state index contributed by atoms with van der Waals surface area (Å²) < 4.78 is 0. The van der Waals surface area contributed by atoms with E-state index in [2.05, 4.69) is 33.4 Å². The molecule has 0 aromatic heterocycles. The first-order valence-electron chi connectivity index (χ1n) is 5.95. The summed E-state index contributed by atoms with van der Waals surface area (Å²) >= 11 is 4.27. The van der Waals surface area contributed by atoms with Crippen LogP contribution >= 0.6 is 12.6 Å². The topological polar surface area (TPSA) is 20.3 Å². The van der Waals surface area contributed by atoms with Crippen LogP contribution in [0.4, 0.5) is 0 Å². The molecule has 1 heterocycles. The van der Waals surface area contributed by atoms with E-state index in [-0.39, 0.29) is 0 Å². The van der Waals surface area contributed by atoms with Crippen LogP contribution < -0.4 is 0 Å². The third-order valence-corrected chi connectivity index (χ3v) is 3.71. The van der Waals surface area contributed by atoms with Crippen LogP contribution in [0.15, 0.2) is 0 Å². The monoisotopic (exact) mass is 229 g/mol. The van der Waals surface area contributed by atoms with E-state index in [1.807, 2.05) is 4.90 Å². The van der Waals surface area contributed by atoms with Crippen LogP contribution in [0.25, 0.3) is 0 Å². The summed E-state index contributed by atoms with van der Waals surface area (Å²) in [4.78, 5) is 13.8. The molecule has 1 aliphatic rings. The number of rotatable bonds is 5. The minimum atomic E-state index is 0.324. The predicted octanol–water partition coefficient (Wildman–Crippen LogP) is 2.59. The maximum absolute atomic E-state index is 11.7. The summed E-state index contributed by atoms with van der Waals surface area (Å²) in [6, 6.07) is 0.407. The molecule has 1 aliphatic heterocycles. The number of thiol groups is 1. The van der Waals surface area contributed by atoms with Crippen LogP contribution in [0.3, 0.4) is 0 Å². The highest BCUT2D eigenvalue weighted by molar-refractivity contribution is 7.80. The molecule has 0 aliphatic carbocycles. The second-order valence-electron chi connectivity index (χ2n) is 5.12. The smallest absolute Gasteiger partial charge is 0.223 e. The van der Waals surface area contributed by atoms with Gasteiger partial charge < -0.3 is 4.90 Å². The summed E-state index contributed by atoms with van der Waals surface area (Å²) in [6.07, 6.45) is 3.04. The molecule has 2 unspecified atom stereocenters. The van der Waals surface area contributed by atoms with Gasteiger partial charge in [-0.3, -0.25) is 4.79 Å². The van der Waals surface area contributed by atoms with Gasteiger partial charge in [0.1, 0.15) is 0 Å². The van der Waals surface area contributed by atoms with Gasteiger partial charge in [0.2, 0.25) is 5.91 Å². The van der Waals surface area contributed by atoms with Gasteiger partial charge in [0.25, 0.3) is 0 Å². The van der Waals surface area contributed by atoms with Crippen molar-refractivity contribution < 1.29 is 4.79 Å². The molecule has 1 amide bonds. The van der Waals surface area contributed by atoms with E-state index in [9.17, 15) is 4.79 Å². The SMILES string of the molecule is CC(C)CCC(C)N1CC(CS)CC1=O. The van der Waals surface area contributed by atoms with E-state index in [0.717, 1.165) is 24.6 Å². The number of hydrogen-bond donors (Lipinski definition) is 1. The number of hydrogen-bond acceptors (Lipinski definition) is 2. The summed E-state index contributed by atoms with van der Waals surface area (Å²) in [6.45, 7) is 7.55. The van der Waals surface area contributed by atoms with E-state index in [1.54, 1.807) is 0 Å². The Morgan fingerprint density at radius 2 is 2.07 bits per heavy atom. The lowest BCUT2D eigenvalue weighted by Gasteiger charge is -2.25. The number of carbonyl (C=O) groups excluding carboxylic acids is 1. The van der Waals surface area contributed by atoms with Crippen molar-refractivity contribution in [2.45, 2.75) is 46.1 Å². The first-order chi connectivity index (χ1) is 7.04. The van der Waals surface area contributed by atoms with Crippen molar-refractivity contribution in [3.63, 3.8) is 0 Å². The van der Waals surface area contributed by atoms with Crippen LogP contribution in [-0.2, 0) is 4.79 Å². The van der Waals surface area contributed by atoms with Crippen molar-refractivity contribution in [3.05, 3.63) is 0 Å². The fourth-order valence-corrected chi connectivity index (χ4v) is 2.33. The Labute approximate surface area is 98.8 Å². The largest absolute Gasteiger partial charge is 0.340 e. The lowest BCUT2D eigenvalue weighted by molar-refractivity contribution is -0.129. The molecule has 0 spiro atoms. The van der Waals surface area contributed by atoms with Crippen LogP contribution in [0, 0.1) is 11.8 Å². The lowest BCUT2D eigenvalue weighted by atomic mass is 10.0. The third-order valence-electron chi connectivity index (χ3n) is 3.19. The average Bonchev–Trinajstić information content (AvgIpc) is 2.56. The molecule has 2 nitrogen and oxygen atoms in total. The molecular formula is C12H23NOS. The molecule has 0 bridgehead atoms. The van der Waals surface area contributed by atoms with Crippen LogP contribution in [0.2, 0.25) is 0 Å². The normalized spacial score (nSPS) is 23.9. The summed E-state index contributed by atoms with van der Waals surface area (Å²) in [5.41, 5.74) is 0. The van der Waals surface area contributed by atoms with Crippen molar-refractivity contribution in [3.8, 4) is 0 Å². The summed E-state index contributed by atoms with van der Waals surface area (Å²) in [5, 5.41) is 0. The van der Waals surface area contributed by atoms with Gasteiger partial charge in [0.15, 0.2) is 0 Å². The Balaban J connectivity index is 2.39. The minimum absolute atomic E-state index is 0.324. The molecule has 1 saturated heterocycles. The Morgan fingerprint density at radius 3 is 2.53 bits per heavy atom. The van der Waals surface area contributed by atoms with E-state index in [4.69, 9.17) is 0 Å². The molecule has 88 valence electrons. The Morgan fingerprint density at radius 1 is 1.40 bits per heavy atom. The van der Waals surface area contributed by atoms with Gasteiger partial charge in [-0.25, -0.2) is 0 Å². The number of amides is 1. The quantitative estimate of drug-likeness (QED) is 0.719. The van der Waals surface area contributed by atoms with Crippen molar-refractivity contribution in [1.29, 1.82) is 0 Å². The molecule has 1 rings (SSSR count). The van der Waals surface area contributed by atoms with Gasteiger partial charge in [0, 0.05) is 19.0 Å². The molecule has 2 atom stereocenters. The van der Waals surface area contributed by atoms with E-state index in [0.29, 0.717) is 24.3 Å². The maximum atomic E-state index is 11.7. The number of carbonyl (C=O) groups is 1. The zero-order valence-electron chi connectivity index (χ0n) is 10.1. The lowest BCUT2D eigenvalue weighted by Crippen LogP contribution is -2.34. The van der Waals surface area contributed by atoms with Gasteiger partial charge in [-0.15, -0.1) is 0 Å². The third kappa shape index (κ3) is 3.71. The zero-order chi connectivity index (χ0) is 11.4. The van der Waals surface area contributed by atoms with Crippen molar-refractivity contribution in [2.75, 3.05) is 12.3 Å². The first kappa shape index (κ1) is 12.9. The highest BCUT2D eigenvalue weighted by atomic mass is 32.1.